The van der Waals surface area contributed by atoms with E-state index in [4.69, 9.17) is 0 Å². The summed E-state index contributed by atoms with van der Waals surface area (Å²) in [5, 5.41) is 0. The molecule has 0 amide bonds. The molecule has 1 rings (SSSR count). The molecule has 1 heteroatoms. The molecule has 1 fully saturated rings. The molecule has 0 N–H and O–H groups in total. The van der Waals surface area contributed by atoms with Gasteiger partial charge in [0.1, 0.15) is 0 Å². The predicted molar refractivity (Wildman–Crippen MR) is 81.8 cm³/mol. The van der Waals surface area contributed by atoms with E-state index in [0.29, 0.717) is 0 Å². The molecule has 0 nitrogen and oxygen atoms in total. The first-order valence-electron chi connectivity index (χ1n) is 7.90. The average molecular weight is 256 g/mol. The fourth-order valence-corrected chi connectivity index (χ4v) is 4.16. The maximum atomic E-state index is 2.45. The van der Waals surface area contributed by atoms with Crippen LogP contribution in [0.15, 0.2) is 0 Å². The summed E-state index contributed by atoms with van der Waals surface area (Å²) in [6.45, 7) is 4.74. The first-order valence-corrected chi connectivity index (χ1v) is 9.06. The van der Waals surface area contributed by atoms with Crippen molar-refractivity contribution < 1.29 is 0 Å². The Labute approximate surface area is 113 Å². The van der Waals surface area contributed by atoms with Gasteiger partial charge in [0.2, 0.25) is 0 Å². The standard InChI is InChI=1S/C16H32S/c1-3-4-5-6-7-10-15(2)13-17-14-16-11-8-9-12-16/h15-16H,3-14H2,1-2H3. The molecule has 0 bridgehead atoms. The molecule has 1 aliphatic rings. The Hall–Kier alpha value is 0.350. The maximum absolute atomic E-state index is 2.45. The van der Waals surface area contributed by atoms with E-state index in [0.717, 1.165) is 11.8 Å². The second-order valence-electron chi connectivity index (χ2n) is 6.00. The number of unbranched alkanes of at least 4 members (excludes halogenated alkanes) is 4. The van der Waals surface area contributed by atoms with Crippen molar-refractivity contribution in [2.24, 2.45) is 11.8 Å². The van der Waals surface area contributed by atoms with Crippen LogP contribution in [0.25, 0.3) is 0 Å². The molecule has 0 heterocycles. The Kier molecular flexibility index (Phi) is 9.33. The summed E-state index contributed by atoms with van der Waals surface area (Å²) in [6.07, 6.45) is 14.7. The van der Waals surface area contributed by atoms with E-state index < -0.39 is 0 Å². The first kappa shape index (κ1) is 15.4. The lowest BCUT2D eigenvalue weighted by Crippen LogP contribution is -2.03. The molecule has 0 spiro atoms. The second-order valence-corrected chi connectivity index (χ2v) is 7.07. The van der Waals surface area contributed by atoms with Gasteiger partial charge in [0, 0.05) is 0 Å². The van der Waals surface area contributed by atoms with Crippen LogP contribution in [0.3, 0.4) is 0 Å². The average Bonchev–Trinajstić information content (AvgIpc) is 2.82. The lowest BCUT2D eigenvalue weighted by Gasteiger charge is -2.13. The highest BCUT2D eigenvalue weighted by Gasteiger charge is 2.14. The van der Waals surface area contributed by atoms with E-state index in [2.05, 4.69) is 25.6 Å². The van der Waals surface area contributed by atoms with Crippen LogP contribution in [0.2, 0.25) is 0 Å². The minimum absolute atomic E-state index is 0.947. The van der Waals surface area contributed by atoms with Crippen LogP contribution < -0.4 is 0 Å². The zero-order chi connectivity index (χ0) is 12.3. The molecule has 1 aliphatic carbocycles. The summed E-state index contributed by atoms with van der Waals surface area (Å²) >= 11 is 2.23. The van der Waals surface area contributed by atoms with Crippen molar-refractivity contribution >= 4 is 11.8 Å². The number of hydrogen-bond acceptors (Lipinski definition) is 1. The summed E-state index contributed by atoms with van der Waals surface area (Å²) in [5.74, 6) is 4.87. The van der Waals surface area contributed by atoms with Gasteiger partial charge in [-0.2, -0.15) is 11.8 Å². The van der Waals surface area contributed by atoms with E-state index in [1.54, 1.807) is 0 Å². The van der Waals surface area contributed by atoms with Crippen molar-refractivity contribution in [1.82, 2.24) is 0 Å². The van der Waals surface area contributed by atoms with E-state index in [1.165, 1.54) is 75.7 Å². The van der Waals surface area contributed by atoms with Crippen molar-refractivity contribution in [1.29, 1.82) is 0 Å². The molecule has 0 aromatic heterocycles. The third-order valence-corrected chi connectivity index (χ3v) is 5.54. The van der Waals surface area contributed by atoms with Crippen LogP contribution in [0.4, 0.5) is 0 Å². The Morgan fingerprint density at radius 3 is 2.47 bits per heavy atom. The van der Waals surface area contributed by atoms with Crippen LogP contribution in [0.1, 0.15) is 78.1 Å². The molecule has 0 saturated heterocycles. The van der Waals surface area contributed by atoms with Crippen molar-refractivity contribution in [3.05, 3.63) is 0 Å². The Morgan fingerprint density at radius 1 is 1.06 bits per heavy atom. The van der Waals surface area contributed by atoms with Gasteiger partial charge in [-0.05, 0) is 42.6 Å². The van der Waals surface area contributed by atoms with Gasteiger partial charge in [-0.3, -0.25) is 0 Å². The quantitative estimate of drug-likeness (QED) is 0.438. The molecule has 1 saturated carbocycles. The summed E-state index contributed by atoms with van der Waals surface area (Å²) in [4.78, 5) is 0. The molecule has 1 unspecified atom stereocenters. The van der Waals surface area contributed by atoms with Crippen molar-refractivity contribution in [3.8, 4) is 0 Å². The van der Waals surface area contributed by atoms with Gasteiger partial charge in [0.15, 0.2) is 0 Å². The minimum atomic E-state index is 0.947. The second kappa shape index (κ2) is 10.3. The number of hydrogen-bond donors (Lipinski definition) is 0. The normalized spacial score (nSPS) is 18.7. The fraction of sp³-hybridized carbons (Fsp3) is 1.00. The number of thioether (sulfide) groups is 1. The van der Waals surface area contributed by atoms with Crippen LogP contribution in [0, 0.1) is 11.8 Å². The van der Waals surface area contributed by atoms with E-state index in [1.807, 2.05) is 0 Å². The van der Waals surface area contributed by atoms with Crippen molar-refractivity contribution in [2.75, 3.05) is 11.5 Å². The minimum Gasteiger partial charge on any atom is -0.161 e. The molecule has 17 heavy (non-hydrogen) atoms. The smallest absolute Gasteiger partial charge is 0.00390 e. The van der Waals surface area contributed by atoms with Crippen molar-refractivity contribution in [3.63, 3.8) is 0 Å². The highest BCUT2D eigenvalue weighted by atomic mass is 32.2. The molecular formula is C16H32S. The van der Waals surface area contributed by atoms with E-state index in [9.17, 15) is 0 Å². The predicted octanol–water partition coefficient (Wildman–Crippen LogP) is 5.91. The van der Waals surface area contributed by atoms with Gasteiger partial charge >= 0.3 is 0 Å². The first-order chi connectivity index (χ1) is 8.33. The maximum Gasteiger partial charge on any atom is -0.00390 e. The summed E-state index contributed by atoms with van der Waals surface area (Å²) in [5.41, 5.74) is 0. The Bertz CT molecular complexity index is 161. The molecule has 1 atom stereocenters. The summed E-state index contributed by atoms with van der Waals surface area (Å²) in [7, 11) is 0. The van der Waals surface area contributed by atoms with Crippen LogP contribution in [-0.2, 0) is 0 Å². The van der Waals surface area contributed by atoms with Crippen molar-refractivity contribution in [2.45, 2.75) is 78.1 Å². The highest BCUT2D eigenvalue weighted by molar-refractivity contribution is 7.99. The molecule has 0 aromatic rings. The molecule has 0 aliphatic heterocycles. The SMILES string of the molecule is CCCCCCCC(C)CSCC1CCCC1. The zero-order valence-corrected chi connectivity index (χ0v) is 12.9. The van der Waals surface area contributed by atoms with Gasteiger partial charge in [-0.1, -0.05) is 58.8 Å². The van der Waals surface area contributed by atoms with Gasteiger partial charge in [0.05, 0.1) is 0 Å². The van der Waals surface area contributed by atoms with Crippen LogP contribution in [-0.4, -0.2) is 11.5 Å². The Morgan fingerprint density at radius 2 is 1.76 bits per heavy atom. The van der Waals surface area contributed by atoms with Gasteiger partial charge in [0.25, 0.3) is 0 Å². The van der Waals surface area contributed by atoms with E-state index in [-0.39, 0.29) is 0 Å². The largest absolute Gasteiger partial charge is 0.161 e. The molecule has 102 valence electrons. The lowest BCUT2D eigenvalue weighted by atomic mass is 10.0. The fourth-order valence-electron chi connectivity index (χ4n) is 2.79. The monoisotopic (exact) mass is 256 g/mol. The van der Waals surface area contributed by atoms with Gasteiger partial charge in [-0.15, -0.1) is 0 Å². The van der Waals surface area contributed by atoms with Crippen LogP contribution in [0.5, 0.6) is 0 Å². The summed E-state index contributed by atoms with van der Waals surface area (Å²) in [6, 6.07) is 0. The summed E-state index contributed by atoms with van der Waals surface area (Å²) < 4.78 is 0. The third-order valence-electron chi connectivity index (χ3n) is 4.03. The lowest BCUT2D eigenvalue weighted by molar-refractivity contribution is 0.523. The van der Waals surface area contributed by atoms with Crippen LogP contribution >= 0.6 is 11.8 Å². The third kappa shape index (κ3) is 8.13. The highest BCUT2D eigenvalue weighted by Crippen LogP contribution is 2.28. The zero-order valence-electron chi connectivity index (χ0n) is 12.0. The molecular weight excluding hydrogens is 224 g/mol. The molecule has 0 radical (unpaired) electrons. The molecule has 0 aromatic carbocycles. The van der Waals surface area contributed by atoms with Gasteiger partial charge in [-0.25, -0.2) is 0 Å². The van der Waals surface area contributed by atoms with E-state index >= 15 is 0 Å². The number of rotatable bonds is 10. The van der Waals surface area contributed by atoms with Gasteiger partial charge < -0.3 is 0 Å². The Balaban J connectivity index is 1.84. The topological polar surface area (TPSA) is 0 Å².